The van der Waals surface area contributed by atoms with Crippen molar-refractivity contribution in [2.24, 2.45) is 0 Å². The summed E-state index contributed by atoms with van der Waals surface area (Å²) in [5, 5.41) is 8.10. The maximum absolute atomic E-state index is 10.9. The highest BCUT2D eigenvalue weighted by Crippen LogP contribution is 2.35. The lowest BCUT2D eigenvalue weighted by Crippen LogP contribution is -2.38. The van der Waals surface area contributed by atoms with Gasteiger partial charge in [0.1, 0.15) is 11.9 Å². The summed E-state index contributed by atoms with van der Waals surface area (Å²) in [6.45, 7) is 0.258. The summed E-state index contributed by atoms with van der Waals surface area (Å²) in [5.74, 6) is 0.678. The molecule has 13 heteroatoms. The van der Waals surface area contributed by atoms with E-state index in [4.69, 9.17) is 20.0 Å². The minimum Gasteiger partial charge on any atom is -0.356 e. The van der Waals surface area contributed by atoms with Gasteiger partial charge in [-0.15, -0.1) is 0 Å². The van der Waals surface area contributed by atoms with Crippen molar-refractivity contribution in [2.75, 3.05) is 11.1 Å². The quantitative estimate of drug-likeness (QED) is 0.209. The van der Waals surface area contributed by atoms with Crippen LogP contribution in [0.25, 0.3) is 11.3 Å². The molecule has 0 aliphatic heterocycles. The predicted octanol–water partition coefficient (Wildman–Crippen LogP) is 2.33. The number of anilines is 2. The molecule has 4 aromatic rings. The Hall–Kier alpha value is -3.15. The largest absolute Gasteiger partial charge is 0.472 e. The van der Waals surface area contributed by atoms with Gasteiger partial charge in [0, 0.05) is 30.6 Å². The Morgan fingerprint density at radius 3 is 2.72 bits per heavy atom. The van der Waals surface area contributed by atoms with E-state index in [1.54, 1.807) is 24.4 Å². The minimum atomic E-state index is -4.62. The van der Waals surface area contributed by atoms with Gasteiger partial charge >= 0.3 is 7.82 Å². The second kappa shape index (κ2) is 9.55. The molecule has 0 saturated carbocycles. The summed E-state index contributed by atoms with van der Waals surface area (Å²) in [6, 6.07) is 13.3. The van der Waals surface area contributed by atoms with Crippen LogP contribution >= 0.6 is 19.4 Å². The highest BCUT2D eigenvalue weighted by atomic mass is 32.1. The average molecular weight is 475 g/mol. The number of nitrogen functional groups attached to an aromatic ring is 1. The number of nitrogens with zero attached hydrogens (tertiary/aromatic N) is 4. The highest BCUT2D eigenvalue weighted by molar-refractivity contribution is 7.46. The monoisotopic (exact) mass is 475 g/mol. The van der Waals surface area contributed by atoms with Gasteiger partial charge in [0.25, 0.3) is 5.82 Å². The summed E-state index contributed by atoms with van der Waals surface area (Å²) in [6.07, 6.45) is 3.63. The van der Waals surface area contributed by atoms with Gasteiger partial charge in [0.2, 0.25) is 11.9 Å². The molecule has 5 N–H and O–H groups in total. The molecule has 0 atom stereocenters. The van der Waals surface area contributed by atoms with Crippen molar-refractivity contribution in [2.45, 2.75) is 19.7 Å². The van der Waals surface area contributed by atoms with Crippen molar-refractivity contribution in [3.05, 3.63) is 71.8 Å². The number of hydrogen-bond acceptors (Lipinski definition) is 9. The van der Waals surface area contributed by atoms with E-state index in [1.807, 2.05) is 24.3 Å². The van der Waals surface area contributed by atoms with Crippen molar-refractivity contribution in [3.8, 4) is 11.3 Å². The van der Waals surface area contributed by atoms with E-state index < -0.39 is 14.6 Å². The lowest BCUT2D eigenvalue weighted by molar-refractivity contribution is -0.711. The van der Waals surface area contributed by atoms with Gasteiger partial charge in [-0.1, -0.05) is 29.4 Å². The first-order chi connectivity index (χ1) is 15.4. The standard InChI is InChI=1S/C19H19N6O5PS/c20-18-16(2-1-7-25(18)12-29-31(26,27)28)17-9-15(24-30-17)8-13-3-5-14(6-4-13)10-21-19-22-11-23-32-19/h1-7,9,11,20H,8,10,12H2,(H3,21,22,23,26,27,28)/p+1. The number of nitrogens with two attached hydrogens (primary N) is 1. The topological polar surface area (TPSA) is 160 Å². The second-order valence-corrected chi connectivity index (χ2v) is 8.82. The molecule has 0 unspecified atom stereocenters. The Labute approximate surface area is 186 Å². The molecule has 0 spiro atoms. The molecule has 11 nitrogen and oxygen atoms in total. The number of nitrogens with one attached hydrogen (secondary N) is 1. The fraction of sp³-hybridized carbons (Fsp3) is 0.158. The number of rotatable bonds is 9. The zero-order valence-electron chi connectivity index (χ0n) is 16.7. The van der Waals surface area contributed by atoms with Crippen LogP contribution in [0.3, 0.4) is 0 Å². The van der Waals surface area contributed by atoms with E-state index in [1.165, 1.54) is 22.4 Å². The summed E-state index contributed by atoms with van der Waals surface area (Å²) < 4.78 is 26.2. The zero-order chi connectivity index (χ0) is 22.6. The van der Waals surface area contributed by atoms with Crippen LogP contribution < -0.4 is 15.6 Å². The first-order valence-corrected chi connectivity index (χ1v) is 11.7. The van der Waals surface area contributed by atoms with Crippen LogP contribution in [0.4, 0.5) is 10.9 Å². The maximum Gasteiger partial charge on any atom is 0.472 e. The number of phosphoric ester groups is 1. The van der Waals surface area contributed by atoms with Gasteiger partial charge < -0.3 is 19.6 Å². The van der Waals surface area contributed by atoms with Gasteiger partial charge in [-0.2, -0.15) is 4.37 Å². The molecule has 32 heavy (non-hydrogen) atoms. The molecule has 0 amide bonds. The van der Waals surface area contributed by atoms with Crippen LogP contribution in [0.1, 0.15) is 16.8 Å². The first kappa shape index (κ1) is 22.1. The zero-order valence-corrected chi connectivity index (χ0v) is 18.4. The molecule has 0 fully saturated rings. The van der Waals surface area contributed by atoms with Crippen molar-refractivity contribution in [1.29, 1.82) is 0 Å². The molecule has 166 valence electrons. The van der Waals surface area contributed by atoms with Crippen LogP contribution in [0.15, 0.2) is 59.5 Å². The molecular formula is C19H20N6O5PS+. The molecule has 0 aliphatic rings. The summed E-state index contributed by atoms with van der Waals surface area (Å²) in [4.78, 5) is 21.9. The molecular weight excluding hydrogens is 455 g/mol. The van der Waals surface area contributed by atoms with E-state index in [9.17, 15) is 4.57 Å². The maximum atomic E-state index is 10.9. The second-order valence-electron chi connectivity index (χ2n) is 6.80. The Morgan fingerprint density at radius 1 is 1.22 bits per heavy atom. The third-order valence-corrected chi connectivity index (χ3v) is 5.59. The SMILES string of the molecule is Nc1c(-c2cc(Cc3ccc(CNc4ncns4)cc3)no2)ccc[n+]1COP(=O)(O)O. The number of benzene rings is 1. The van der Waals surface area contributed by atoms with E-state index >= 15 is 0 Å². The van der Waals surface area contributed by atoms with Gasteiger partial charge in [0.05, 0.1) is 11.9 Å². The molecule has 0 bridgehead atoms. The van der Waals surface area contributed by atoms with E-state index in [-0.39, 0.29) is 5.82 Å². The third-order valence-electron chi connectivity index (χ3n) is 4.52. The number of aromatic nitrogens is 4. The summed E-state index contributed by atoms with van der Waals surface area (Å²) in [7, 11) is -4.62. The smallest absolute Gasteiger partial charge is 0.356 e. The Kier molecular flexibility index (Phi) is 6.58. The van der Waals surface area contributed by atoms with Gasteiger partial charge in [-0.25, -0.2) is 18.6 Å². The minimum absolute atomic E-state index is 0.232. The van der Waals surface area contributed by atoms with Crippen molar-refractivity contribution in [1.82, 2.24) is 14.5 Å². The normalized spacial score (nSPS) is 11.6. The Bertz CT molecular complexity index is 1230. The molecule has 0 radical (unpaired) electrons. The fourth-order valence-corrected chi connectivity index (χ4v) is 3.66. The van der Waals surface area contributed by atoms with Crippen molar-refractivity contribution < 1.29 is 28.0 Å². The Balaban J connectivity index is 1.41. The highest BCUT2D eigenvalue weighted by Gasteiger charge is 2.20. The summed E-state index contributed by atoms with van der Waals surface area (Å²) >= 11 is 1.31. The average Bonchev–Trinajstić information content (AvgIpc) is 3.44. The van der Waals surface area contributed by atoms with Crippen LogP contribution in [-0.4, -0.2) is 24.3 Å². The van der Waals surface area contributed by atoms with Crippen LogP contribution in [-0.2, 0) is 28.8 Å². The lowest BCUT2D eigenvalue weighted by Gasteiger charge is -2.07. The van der Waals surface area contributed by atoms with Crippen molar-refractivity contribution >= 4 is 30.3 Å². The van der Waals surface area contributed by atoms with Gasteiger partial charge in [0.15, 0.2) is 5.76 Å². The molecule has 4 rings (SSSR count). The molecule has 0 saturated heterocycles. The van der Waals surface area contributed by atoms with E-state index in [0.717, 1.165) is 22.0 Å². The lowest BCUT2D eigenvalue weighted by atomic mass is 10.1. The van der Waals surface area contributed by atoms with Crippen LogP contribution in [0.5, 0.6) is 0 Å². The van der Waals surface area contributed by atoms with E-state index in [2.05, 4.69) is 24.4 Å². The molecule has 3 aromatic heterocycles. The van der Waals surface area contributed by atoms with E-state index in [0.29, 0.717) is 24.3 Å². The number of hydrogen-bond donors (Lipinski definition) is 4. The molecule has 3 heterocycles. The fourth-order valence-electron chi connectivity index (χ4n) is 2.96. The number of pyridine rings is 1. The van der Waals surface area contributed by atoms with Crippen LogP contribution in [0.2, 0.25) is 0 Å². The third kappa shape index (κ3) is 5.75. The van der Waals surface area contributed by atoms with Crippen molar-refractivity contribution in [3.63, 3.8) is 0 Å². The summed E-state index contributed by atoms with van der Waals surface area (Å²) in [5.41, 5.74) is 9.56. The first-order valence-electron chi connectivity index (χ1n) is 9.40. The van der Waals surface area contributed by atoms with Gasteiger partial charge in [-0.05, 0) is 23.3 Å². The van der Waals surface area contributed by atoms with Gasteiger partial charge in [-0.3, -0.25) is 5.73 Å². The number of phosphoric acid groups is 1. The molecule has 0 aliphatic carbocycles. The predicted molar refractivity (Wildman–Crippen MR) is 116 cm³/mol. The molecule has 1 aromatic carbocycles. The van der Waals surface area contributed by atoms with Crippen LogP contribution in [0, 0.1) is 0 Å². The Morgan fingerprint density at radius 2 is 2.00 bits per heavy atom.